The van der Waals surface area contributed by atoms with Gasteiger partial charge in [0.05, 0.1) is 40.7 Å². The molecule has 1 saturated heterocycles. The van der Waals surface area contributed by atoms with Gasteiger partial charge in [-0.15, -0.1) is 0 Å². The molecule has 1 aromatic carbocycles. The minimum Gasteiger partial charge on any atom is -0.323 e. The number of hydrogen-bond acceptors (Lipinski definition) is 5. The Balaban J connectivity index is 1.39. The fourth-order valence-electron chi connectivity index (χ4n) is 3.65. The van der Waals surface area contributed by atoms with Crippen LogP contribution in [0.5, 0.6) is 0 Å². The Morgan fingerprint density at radius 3 is 2.66 bits per heavy atom. The predicted octanol–water partition coefficient (Wildman–Crippen LogP) is 4.94. The minimum absolute atomic E-state index is 0.128. The quantitative estimate of drug-likeness (QED) is 0.651. The summed E-state index contributed by atoms with van der Waals surface area (Å²) in [5.74, 6) is 1.27. The molecule has 0 unspecified atom stereocenters. The number of amides is 1. The number of carbonyl (C=O) groups excluding carboxylic acids is 1. The van der Waals surface area contributed by atoms with E-state index in [0.29, 0.717) is 29.0 Å². The van der Waals surface area contributed by atoms with Crippen molar-refractivity contribution in [1.82, 2.24) is 15.0 Å². The third kappa shape index (κ3) is 3.80. The summed E-state index contributed by atoms with van der Waals surface area (Å²) >= 11 is 6.37. The van der Waals surface area contributed by atoms with Crippen LogP contribution in [0.3, 0.4) is 0 Å². The maximum absolute atomic E-state index is 12.0. The van der Waals surface area contributed by atoms with Gasteiger partial charge in [0.25, 0.3) is 0 Å². The zero-order valence-corrected chi connectivity index (χ0v) is 16.6. The van der Waals surface area contributed by atoms with Gasteiger partial charge < -0.3 is 10.2 Å². The lowest BCUT2D eigenvalue weighted by atomic mass is 10.1. The average molecular weight is 406 g/mol. The molecular formula is C22H20ClN5O. The first-order valence-corrected chi connectivity index (χ1v) is 10.2. The molecule has 1 amide bonds. The second-order valence-electron chi connectivity index (χ2n) is 7.49. The number of nitrogens with zero attached hydrogens (tertiary/aromatic N) is 4. The maximum atomic E-state index is 12.0. The third-order valence-corrected chi connectivity index (χ3v) is 5.62. The van der Waals surface area contributed by atoms with Gasteiger partial charge in [-0.3, -0.25) is 9.78 Å². The summed E-state index contributed by atoms with van der Waals surface area (Å²) in [4.78, 5) is 26.9. The number of halogens is 1. The van der Waals surface area contributed by atoms with E-state index in [4.69, 9.17) is 11.6 Å². The monoisotopic (exact) mass is 405 g/mol. The fourth-order valence-corrected chi connectivity index (χ4v) is 3.85. The van der Waals surface area contributed by atoms with E-state index in [-0.39, 0.29) is 5.91 Å². The molecule has 1 saturated carbocycles. The molecule has 1 N–H and O–H groups in total. The van der Waals surface area contributed by atoms with E-state index in [1.165, 1.54) is 18.4 Å². The Morgan fingerprint density at radius 1 is 1.10 bits per heavy atom. The van der Waals surface area contributed by atoms with Crippen molar-refractivity contribution in [2.45, 2.75) is 31.6 Å². The number of benzene rings is 1. The molecule has 1 aliphatic heterocycles. The molecule has 0 bridgehead atoms. The zero-order valence-electron chi connectivity index (χ0n) is 15.8. The predicted molar refractivity (Wildman–Crippen MR) is 114 cm³/mol. The normalized spacial score (nSPS) is 16.3. The highest BCUT2D eigenvalue weighted by atomic mass is 35.5. The molecule has 3 heterocycles. The number of anilines is 3. The highest BCUT2D eigenvalue weighted by Crippen LogP contribution is 2.40. The van der Waals surface area contributed by atoms with Crippen LogP contribution in [0, 0.1) is 0 Å². The van der Waals surface area contributed by atoms with Crippen molar-refractivity contribution in [1.29, 1.82) is 0 Å². The van der Waals surface area contributed by atoms with E-state index >= 15 is 0 Å². The lowest BCUT2D eigenvalue weighted by Gasteiger charge is -2.16. The van der Waals surface area contributed by atoms with Crippen LogP contribution < -0.4 is 10.2 Å². The van der Waals surface area contributed by atoms with Gasteiger partial charge in [-0.25, -0.2) is 9.97 Å². The Bertz CT molecular complexity index is 1070. The summed E-state index contributed by atoms with van der Waals surface area (Å²) in [5, 5.41) is 3.68. The summed E-state index contributed by atoms with van der Waals surface area (Å²) in [6.07, 6.45) is 8.99. The molecular weight excluding hydrogens is 386 g/mol. The number of nitrogens with one attached hydrogen (secondary N) is 1. The molecule has 146 valence electrons. The van der Waals surface area contributed by atoms with Gasteiger partial charge >= 0.3 is 0 Å². The summed E-state index contributed by atoms with van der Waals surface area (Å²) in [6, 6.07) is 10.3. The van der Waals surface area contributed by atoms with E-state index in [9.17, 15) is 4.79 Å². The SMILES string of the molecule is O=C1CCCN1c1cncc(Nc2ncc(Cl)c(-c3ccc(C4CC4)cc3)n2)c1. The summed E-state index contributed by atoms with van der Waals surface area (Å²) in [5.41, 5.74) is 4.52. The smallest absolute Gasteiger partial charge is 0.227 e. The first kappa shape index (κ1) is 18.1. The Hall–Kier alpha value is -2.99. The number of carbonyl (C=O) groups is 1. The second kappa shape index (κ2) is 7.44. The van der Waals surface area contributed by atoms with Gasteiger partial charge in [0.2, 0.25) is 11.9 Å². The van der Waals surface area contributed by atoms with Gasteiger partial charge in [0, 0.05) is 18.5 Å². The molecule has 2 aromatic heterocycles. The number of hydrogen-bond donors (Lipinski definition) is 1. The van der Waals surface area contributed by atoms with Gasteiger partial charge in [-0.05, 0) is 36.8 Å². The van der Waals surface area contributed by atoms with Crippen molar-refractivity contribution >= 4 is 34.8 Å². The van der Waals surface area contributed by atoms with Crippen LogP contribution in [-0.4, -0.2) is 27.4 Å². The standard InChI is InChI=1S/C22H20ClN5O/c23-19-13-25-22(27-21(19)16-7-5-15(6-8-16)14-3-4-14)26-17-10-18(12-24-11-17)28-9-1-2-20(28)29/h5-8,10-14H,1-4,9H2,(H,25,26,27). The summed E-state index contributed by atoms with van der Waals surface area (Å²) < 4.78 is 0. The molecule has 0 radical (unpaired) electrons. The van der Waals surface area contributed by atoms with Crippen molar-refractivity contribution in [3.05, 3.63) is 59.5 Å². The van der Waals surface area contributed by atoms with Crippen molar-refractivity contribution in [3.63, 3.8) is 0 Å². The number of pyridine rings is 1. The van der Waals surface area contributed by atoms with Gasteiger partial charge in [0.1, 0.15) is 0 Å². The summed E-state index contributed by atoms with van der Waals surface area (Å²) in [7, 11) is 0. The summed E-state index contributed by atoms with van der Waals surface area (Å²) in [6.45, 7) is 0.725. The van der Waals surface area contributed by atoms with Crippen molar-refractivity contribution in [2.24, 2.45) is 0 Å². The van der Waals surface area contributed by atoms with Crippen molar-refractivity contribution in [3.8, 4) is 11.3 Å². The molecule has 2 aliphatic rings. The molecule has 7 heteroatoms. The Labute approximate surface area is 174 Å². The second-order valence-corrected chi connectivity index (χ2v) is 7.90. The van der Waals surface area contributed by atoms with Crippen LogP contribution in [-0.2, 0) is 4.79 Å². The molecule has 29 heavy (non-hydrogen) atoms. The van der Waals surface area contributed by atoms with Gasteiger partial charge in [-0.2, -0.15) is 0 Å². The average Bonchev–Trinajstić information content (AvgIpc) is 3.50. The molecule has 2 fully saturated rings. The highest BCUT2D eigenvalue weighted by molar-refractivity contribution is 6.32. The number of aromatic nitrogens is 3. The first-order valence-electron chi connectivity index (χ1n) is 9.83. The topological polar surface area (TPSA) is 71.0 Å². The van der Waals surface area contributed by atoms with E-state index in [2.05, 4.69) is 44.5 Å². The Kier molecular flexibility index (Phi) is 4.64. The lowest BCUT2D eigenvalue weighted by molar-refractivity contribution is -0.117. The van der Waals surface area contributed by atoms with Gasteiger partial charge in [0.15, 0.2) is 0 Å². The molecule has 0 spiro atoms. The van der Waals surface area contributed by atoms with Crippen LogP contribution in [0.1, 0.15) is 37.2 Å². The molecule has 6 nitrogen and oxygen atoms in total. The molecule has 3 aromatic rings. The maximum Gasteiger partial charge on any atom is 0.227 e. The molecule has 0 atom stereocenters. The van der Waals surface area contributed by atoms with Crippen LogP contribution in [0.4, 0.5) is 17.3 Å². The lowest BCUT2D eigenvalue weighted by Crippen LogP contribution is -2.23. The Morgan fingerprint density at radius 2 is 1.93 bits per heavy atom. The first-order chi connectivity index (χ1) is 14.2. The molecule has 1 aliphatic carbocycles. The molecule has 5 rings (SSSR count). The highest BCUT2D eigenvalue weighted by Gasteiger charge is 2.23. The van der Waals surface area contributed by atoms with E-state index in [1.807, 2.05) is 6.07 Å². The van der Waals surface area contributed by atoms with Crippen molar-refractivity contribution < 1.29 is 4.79 Å². The van der Waals surface area contributed by atoms with Crippen LogP contribution in [0.2, 0.25) is 5.02 Å². The van der Waals surface area contributed by atoms with Gasteiger partial charge in [-0.1, -0.05) is 35.9 Å². The number of rotatable bonds is 5. The zero-order chi connectivity index (χ0) is 19.8. The van der Waals surface area contributed by atoms with E-state index in [0.717, 1.165) is 29.9 Å². The fraction of sp³-hybridized carbons (Fsp3) is 0.273. The minimum atomic E-state index is 0.128. The van der Waals surface area contributed by atoms with Crippen LogP contribution >= 0.6 is 11.6 Å². The van der Waals surface area contributed by atoms with Crippen LogP contribution in [0.15, 0.2) is 48.9 Å². The van der Waals surface area contributed by atoms with Crippen molar-refractivity contribution in [2.75, 3.05) is 16.8 Å². The van der Waals surface area contributed by atoms with Crippen LogP contribution in [0.25, 0.3) is 11.3 Å². The largest absolute Gasteiger partial charge is 0.323 e. The third-order valence-electron chi connectivity index (χ3n) is 5.34. The van der Waals surface area contributed by atoms with E-state index < -0.39 is 0 Å². The van der Waals surface area contributed by atoms with E-state index in [1.54, 1.807) is 23.5 Å².